The van der Waals surface area contributed by atoms with Gasteiger partial charge in [0.15, 0.2) is 0 Å². The third-order valence-electron chi connectivity index (χ3n) is 2.39. The van der Waals surface area contributed by atoms with Gasteiger partial charge < -0.3 is 4.90 Å². The van der Waals surface area contributed by atoms with Gasteiger partial charge in [0, 0.05) is 19.8 Å². The molecule has 1 nitrogen and oxygen atoms in total. The summed E-state index contributed by atoms with van der Waals surface area (Å²) in [6, 6.07) is 0. The largest absolute Gasteiger partial charge is 0.377 e. The molecule has 0 radical (unpaired) electrons. The molecule has 0 spiro atoms. The van der Waals surface area contributed by atoms with Crippen molar-refractivity contribution in [2.24, 2.45) is 0 Å². The molecule has 0 aliphatic heterocycles. The molecule has 1 rings (SSSR count). The molecule has 1 aliphatic carbocycles. The molecule has 0 heterocycles. The minimum atomic E-state index is 1.09. The van der Waals surface area contributed by atoms with E-state index < -0.39 is 0 Å². The van der Waals surface area contributed by atoms with Gasteiger partial charge in [-0.25, -0.2) is 0 Å². The van der Waals surface area contributed by atoms with Crippen molar-refractivity contribution in [2.45, 2.75) is 40.5 Å². The third kappa shape index (κ3) is 4.37. The van der Waals surface area contributed by atoms with Crippen molar-refractivity contribution in [1.29, 1.82) is 0 Å². The monoisotopic (exact) mass is 207 g/mol. The maximum Gasteiger partial charge on any atom is 0.0390 e. The number of hydrogen-bond acceptors (Lipinski definition) is 1. The van der Waals surface area contributed by atoms with E-state index in [1.54, 1.807) is 0 Å². The van der Waals surface area contributed by atoms with Crippen LogP contribution in [0.2, 0.25) is 0 Å². The Balaban J connectivity index is 0.000000921. The molecule has 0 aromatic rings. The van der Waals surface area contributed by atoms with Crippen molar-refractivity contribution in [3.8, 4) is 0 Å². The van der Waals surface area contributed by atoms with Crippen molar-refractivity contribution in [3.05, 3.63) is 35.1 Å². The molecule has 0 saturated carbocycles. The fraction of sp³-hybridized carbons (Fsp3) is 0.571. The van der Waals surface area contributed by atoms with E-state index in [9.17, 15) is 0 Å². The number of allylic oxidation sites excluding steroid dienone is 5. The van der Waals surface area contributed by atoms with Crippen LogP contribution in [-0.4, -0.2) is 19.0 Å². The second kappa shape index (κ2) is 7.33. The third-order valence-corrected chi connectivity index (χ3v) is 2.39. The maximum absolute atomic E-state index is 2.34. The first kappa shape index (κ1) is 14.0. The van der Waals surface area contributed by atoms with Crippen LogP contribution in [0.1, 0.15) is 40.5 Å². The molecular weight excluding hydrogens is 182 g/mol. The van der Waals surface area contributed by atoms with Crippen LogP contribution in [0.4, 0.5) is 0 Å². The molecule has 0 aromatic carbocycles. The summed E-state index contributed by atoms with van der Waals surface area (Å²) in [5.41, 5.74) is 4.24. The summed E-state index contributed by atoms with van der Waals surface area (Å²) in [5.74, 6) is 0. The Morgan fingerprint density at radius 1 is 1.20 bits per heavy atom. The maximum atomic E-state index is 2.34. The fourth-order valence-corrected chi connectivity index (χ4v) is 1.55. The van der Waals surface area contributed by atoms with Gasteiger partial charge in [0.25, 0.3) is 0 Å². The Labute approximate surface area is 95.2 Å². The summed E-state index contributed by atoms with van der Waals surface area (Å²) < 4.78 is 0. The summed E-state index contributed by atoms with van der Waals surface area (Å²) >= 11 is 0. The lowest BCUT2D eigenvalue weighted by molar-refractivity contribution is 0.518. The predicted molar refractivity (Wildman–Crippen MR) is 69.9 cm³/mol. The minimum Gasteiger partial charge on any atom is -0.377 e. The summed E-state index contributed by atoms with van der Waals surface area (Å²) in [6.45, 7) is 8.39. The van der Waals surface area contributed by atoms with Crippen molar-refractivity contribution >= 4 is 0 Å². The Morgan fingerprint density at radius 2 is 1.80 bits per heavy atom. The first-order valence-corrected chi connectivity index (χ1v) is 5.89. The Morgan fingerprint density at radius 3 is 2.27 bits per heavy atom. The van der Waals surface area contributed by atoms with Gasteiger partial charge in [0.05, 0.1) is 0 Å². The highest BCUT2D eigenvalue weighted by Gasteiger charge is 2.06. The first-order chi connectivity index (χ1) is 7.15. The molecule has 1 aliphatic rings. The smallest absolute Gasteiger partial charge is 0.0390 e. The van der Waals surface area contributed by atoms with Gasteiger partial charge in [-0.05, 0) is 31.4 Å². The Kier molecular flexibility index (Phi) is 6.85. The van der Waals surface area contributed by atoms with Crippen LogP contribution in [-0.2, 0) is 0 Å². The van der Waals surface area contributed by atoms with Crippen molar-refractivity contribution in [2.75, 3.05) is 14.1 Å². The van der Waals surface area contributed by atoms with Crippen LogP contribution < -0.4 is 0 Å². The average Bonchev–Trinajstić information content (AvgIpc) is 2.43. The van der Waals surface area contributed by atoms with E-state index in [0.717, 1.165) is 12.8 Å². The number of hydrogen-bond donors (Lipinski definition) is 0. The zero-order valence-corrected chi connectivity index (χ0v) is 11.1. The van der Waals surface area contributed by atoms with E-state index in [1.165, 1.54) is 16.8 Å². The van der Waals surface area contributed by atoms with Gasteiger partial charge in [0.1, 0.15) is 0 Å². The molecule has 0 atom stereocenters. The van der Waals surface area contributed by atoms with Gasteiger partial charge in [-0.15, -0.1) is 0 Å². The van der Waals surface area contributed by atoms with E-state index in [4.69, 9.17) is 0 Å². The van der Waals surface area contributed by atoms with Crippen molar-refractivity contribution < 1.29 is 0 Å². The van der Waals surface area contributed by atoms with Gasteiger partial charge in [-0.1, -0.05) is 38.5 Å². The second-order valence-electron chi connectivity index (χ2n) is 3.75. The van der Waals surface area contributed by atoms with Crippen LogP contribution in [0, 0.1) is 0 Å². The molecular formula is C14H25N. The lowest BCUT2D eigenvalue weighted by Crippen LogP contribution is -2.12. The van der Waals surface area contributed by atoms with Gasteiger partial charge in [0.2, 0.25) is 0 Å². The summed E-state index contributed by atoms with van der Waals surface area (Å²) in [4.78, 5) is 2.18. The highest BCUT2D eigenvalue weighted by molar-refractivity contribution is 5.36. The minimum absolute atomic E-state index is 1.09. The molecule has 0 amide bonds. The zero-order valence-electron chi connectivity index (χ0n) is 11.1. The van der Waals surface area contributed by atoms with E-state index in [-0.39, 0.29) is 0 Å². The Hall–Kier alpha value is -0.980. The van der Waals surface area contributed by atoms with Crippen LogP contribution in [0.3, 0.4) is 0 Å². The highest BCUT2D eigenvalue weighted by Crippen LogP contribution is 2.21. The Bertz CT molecular complexity index is 267. The van der Waals surface area contributed by atoms with Crippen LogP contribution in [0.25, 0.3) is 0 Å². The van der Waals surface area contributed by atoms with E-state index in [0.29, 0.717) is 0 Å². The molecule has 0 bridgehead atoms. The van der Waals surface area contributed by atoms with Crippen molar-refractivity contribution in [3.63, 3.8) is 0 Å². The summed E-state index contributed by atoms with van der Waals surface area (Å²) in [6.07, 6.45) is 8.99. The van der Waals surface area contributed by atoms with E-state index >= 15 is 0 Å². The lowest BCUT2D eigenvalue weighted by atomic mass is 10.1. The normalized spacial score (nSPS) is 15.2. The molecule has 0 N–H and O–H groups in total. The predicted octanol–water partition coefficient (Wildman–Crippen LogP) is 4.14. The molecule has 0 saturated heterocycles. The highest BCUT2D eigenvalue weighted by atomic mass is 15.1. The van der Waals surface area contributed by atoms with Gasteiger partial charge >= 0.3 is 0 Å². The van der Waals surface area contributed by atoms with Crippen LogP contribution in [0.15, 0.2) is 35.1 Å². The standard InChI is InChI=1S/C12H19N.C2H6/c1-5-11-8-6-10(2)7-9-12(11)13(3)4;1-2/h7-9H,5-6H2,1-4H3;1-2H3. The SMILES string of the molecule is CC.CCC1=CCC(C)=CC=C1N(C)C. The molecule has 0 fully saturated rings. The number of rotatable bonds is 2. The van der Waals surface area contributed by atoms with Gasteiger partial charge in [-0.3, -0.25) is 0 Å². The topological polar surface area (TPSA) is 3.24 Å². The van der Waals surface area contributed by atoms with Crippen LogP contribution >= 0.6 is 0 Å². The lowest BCUT2D eigenvalue weighted by Gasteiger charge is -2.18. The molecule has 86 valence electrons. The fourth-order valence-electron chi connectivity index (χ4n) is 1.55. The first-order valence-electron chi connectivity index (χ1n) is 5.89. The summed E-state index contributed by atoms with van der Waals surface area (Å²) in [5, 5.41) is 0. The summed E-state index contributed by atoms with van der Waals surface area (Å²) in [7, 11) is 4.20. The van der Waals surface area contributed by atoms with E-state index in [2.05, 4.69) is 51.1 Å². The van der Waals surface area contributed by atoms with Crippen molar-refractivity contribution in [1.82, 2.24) is 4.90 Å². The number of likely N-dealkylation sites (N-methyl/N-ethyl adjacent to an activating group) is 1. The molecule has 15 heavy (non-hydrogen) atoms. The number of nitrogens with zero attached hydrogens (tertiary/aromatic N) is 1. The quantitative estimate of drug-likeness (QED) is 0.657. The van der Waals surface area contributed by atoms with Gasteiger partial charge in [-0.2, -0.15) is 0 Å². The molecule has 1 heteroatoms. The zero-order chi connectivity index (χ0) is 11.8. The van der Waals surface area contributed by atoms with Crippen LogP contribution in [0.5, 0.6) is 0 Å². The second-order valence-corrected chi connectivity index (χ2v) is 3.75. The van der Waals surface area contributed by atoms with E-state index in [1.807, 2.05) is 13.8 Å². The average molecular weight is 207 g/mol. The molecule has 0 unspecified atom stereocenters. The molecule has 0 aromatic heterocycles.